The van der Waals surface area contributed by atoms with Gasteiger partial charge in [0.1, 0.15) is 5.52 Å². The van der Waals surface area contributed by atoms with Gasteiger partial charge in [-0.2, -0.15) is 13.2 Å². The van der Waals surface area contributed by atoms with Crippen molar-refractivity contribution in [3.05, 3.63) is 47.5 Å². The van der Waals surface area contributed by atoms with E-state index in [1.807, 2.05) is 11.8 Å². The SMILES string of the molecule is CCn1nnc2cc(C(=O)Nc3cc(C(F)(F)F)ccc3N3CCCC3)ccc21. The number of hydrogen-bond donors (Lipinski definition) is 1. The molecule has 152 valence electrons. The molecule has 4 rings (SSSR count). The molecular formula is C20H20F3N5O. The van der Waals surface area contributed by atoms with E-state index in [2.05, 4.69) is 15.6 Å². The number of alkyl halides is 3. The van der Waals surface area contributed by atoms with Gasteiger partial charge in [-0.15, -0.1) is 5.10 Å². The van der Waals surface area contributed by atoms with Gasteiger partial charge in [0.2, 0.25) is 0 Å². The van der Waals surface area contributed by atoms with Crippen LogP contribution in [0.4, 0.5) is 24.5 Å². The Bertz CT molecular complexity index is 1050. The molecule has 0 unspecified atom stereocenters. The molecule has 0 atom stereocenters. The number of rotatable bonds is 4. The van der Waals surface area contributed by atoms with Crippen LogP contribution < -0.4 is 10.2 Å². The van der Waals surface area contributed by atoms with Gasteiger partial charge in [0.05, 0.1) is 22.5 Å². The molecule has 3 aromatic rings. The summed E-state index contributed by atoms with van der Waals surface area (Å²) in [7, 11) is 0. The molecule has 29 heavy (non-hydrogen) atoms. The number of nitrogens with one attached hydrogen (secondary N) is 1. The second-order valence-corrected chi connectivity index (χ2v) is 6.99. The van der Waals surface area contributed by atoms with E-state index in [0.29, 0.717) is 23.3 Å². The summed E-state index contributed by atoms with van der Waals surface area (Å²) in [6.07, 6.45) is -2.54. The monoisotopic (exact) mass is 403 g/mol. The largest absolute Gasteiger partial charge is 0.416 e. The lowest BCUT2D eigenvalue weighted by atomic mass is 10.1. The summed E-state index contributed by atoms with van der Waals surface area (Å²) >= 11 is 0. The van der Waals surface area contributed by atoms with Crippen LogP contribution in [0.2, 0.25) is 0 Å². The van der Waals surface area contributed by atoms with Crippen LogP contribution in [-0.4, -0.2) is 34.0 Å². The predicted molar refractivity (Wildman–Crippen MR) is 104 cm³/mol. The highest BCUT2D eigenvalue weighted by atomic mass is 19.4. The average Bonchev–Trinajstić information content (AvgIpc) is 3.36. The van der Waals surface area contributed by atoms with Crippen molar-refractivity contribution in [2.24, 2.45) is 0 Å². The quantitative estimate of drug-likeness (QED) is 0.705. The Kier molecular flexibility index (Phi) is 4.89. The summed E-state index contributed by atoms with van der Waals surface area (Å²) in [6, 6.07) is 8.43. The fraction of sp³-hybridized carbons (Fsp3) is 0.350. The molecule has 1 amide bonds. The van der Waals surface area contributed by atoms with Crippen LogP contribution in [0.5, 0.6) is 0 Å². The minimum Gasteiger partial charge on any atom is -0.370 e. The smallest absolute Gasteiger partial charge is 0.370 e. The van der Waals surface area contributed by atoms with Gasteiger partial charge in [0.25, 0.3) is 5.91 Å². The van der Waals surface area contributed by atoms with Crippen molar-refractivity contribution in [3.63, 3.8) is 0 Å². The van der Waals surface area contributed by atoms with E-state index in [1.54, 1.807) is 22.9 Å². The first-order valence-electron chi connectivity index (χ1n) is 9.47. The Morgan fingerprint density at radius 1 is 1.14 bits per heavy atom. The third kappa shape index (κ3) is 3.76. The zero-order chi connectivity index (χ0) is 20.6. The molecule has 6 nitrogen and oxygen atoms in total. The molecule has 0 bridgehead atoms. The van der Waals surface area contributed by atoms with Crippen LogP contribution in [-0.2, 0) is 12.7 Å². The molecule has 0 spiro atoms. The first-order valence-corrected chi connectivity index (χ1v) is 9.47. The van der Waals surface area contributed by atoms with Crippen molar-refractivity contribution in [1.82, 2.24) is 15.0 Å². The highest BCUT2D eigenvalue weighted by molar-refractivity contribution is 6.07. The van der Waals surface area contributed by atoms with Gasteiger partial charge in [-0.05, 0) is 56.2 Å². The van der Waals surface area contributed by atoms with Crippen LogP contribution in [0.15, 0.2) is 36.4 Å². The molecule has 1 aliphatic heterocycles. The molecule has 1 aromatic heterocycles. The number of halogens is 3. The van der Waals surface area contributed by atoms with Crippen LogP contribution >= 0.6 is 0 Å². The average molecular weight is 403 g/mol. The summed E-state index contributed by atoms with van der Waals surface area (Å²) in [5.41, 5.74) is 1.62. The van der Waals surface area contributed by atoms with Crippen molar-refractivity contribution >= 4 is 28.3 Å². The third-order valence-electron chi connectivity index (χ3n) is 5.09. The van der Waals surface area contributed by atoms with E-state index in [9.17, 15) is 18.0 Å². The number of hydrogen-bond acceptors (Lipinski definition) is 4. The molecule has 2 heterocycles. The van der Waals surface area contributed by atoms with Gasteiger partial charge >= 0.3 is 6.18 Å². The molecule has 1 saturated heterocycles. The number of aryl methyl sites for hydroxylation is 1. The molecule has 1 fully saturated rings. The van der Waals surface area contributed by atoms with E-state index in [-0.39, 0.29) is 5.69 Å². The first kappa shape index (κ1) is 19.2. The van der Waals surface area contributed by atoms with Crippen LogP contribution in [0.1, 0.15) is 35.7 Å². The lowest BCUT2D eigenvalue weighted by molar-refractivity contribution is -0.137. The number of carbonyl (C=O) groups is 1. The van der Waals surface area contributed by atoms with E-state index < -0.39 is 17.6 Å². The zero-order valence-corrected chi connectivity index (χ0v) is 15.8. The number of benzene rings is 2. The second-order valence-electron chi connectivity index (χ2n) is 6.99. The Hall–Kier alpha value is -3.10. The number of nitrogens with zero attached hydrogens (tertiary/aromatic N) is 4. The van der Waals surface area contributed by atoms with Crippen LogP contribution in [0.25, 0.3) is 11.0 Å². The second kappa shape index (κ2) is 7.38. The van der Waals surface area contributed by atoms with Crippen molar-refractivity contribution in [3.8, 4) is 0 Å². The summed E-state index contributed by atoms with van der Waals surface area (Å²) in [5, 5.41) is 10.7. The lowest BCUT2D eigenvalue weighted by Gasteiger charge is -2.23. The van der Waals surface area contributed by atoms with Gasteiger partial charge in [-0.1, -0.05) is 5.21 Å². The number of aromatic nitrogens is 3. The maximum absolute atomic E-state index is 13.2. The van der Waals surface area contributed by atoms with E-state index in [4.69, 9.17) is 0 Å². The van der Waals surface area contributed by atoms with E-state index in [0.717, 1.165) is 43.6 Å². The molecule has 0 saturated carbocycles. The standard InChI is InChI=1S/C20H20F3N5O/c1-2-28-18-7-5-13(11-16(18)25-26-28)19(29)24-15-12-14(20(21,22)23)6-8-17(15)27-9-3-4-10-27/h5-8,11-12H,2-4,9-10H2,1H3,(H,24,29). The Morgan fingerprint density at radius 3 is 2.59 bits per heavy atom. The number of fused-ring (bicyclic) bond motifs is 1. The normalized spacial score (nSPS) is 14.6. The van der Waals surface area contributed by atoms with Gasteiger partial charge < -0.3 is 10.2 Å². The minimum atomic E-state index is -4.49. The number of amides is 1. The Labute approximate surface area is 165 Å². The summed E-state index contributed by atoms with van der Waals surface area (Å²) in [4.78, 5) is 14.8. The fourth-order valence-electron chi connectivity index (χ4n) is 3.59. The summed E-state index contributed by atoms with van der Waals surface area (Å²) in [6.45, 7) is 4.08. The maximum atomic E-state index is 13.2. The maximum Gasteiger partial charge on any atom is 0.416 e. The van der Waals surface area contributed by atoms with Crippen molar-refractivity contribution in [1.29, 1.82) is 0 Å². The molecule has 0 aliphatic carbocycles. The van der Waals surface area contributed by atoms with Crippen molar-refractivity contribution < 1.29 is 18.0 Å². The fourth-order valence-corrected chi connectivity index (χ4v) is 3.59. The van der Waals surface area contributed by atoms with Gasteiger partial charge in [0.15, 0.2) is 0 Å². The van der Waals surface area contributed by atoms with Gasteiger partial charge in [-0.3, -0.25) is 4.79 Å². The van der Waals surface area contributed by atoms with Crippen LogP contribution in [0, 0.1) is 0 Å². The summed E-state index contributed by atoms with van der Waals surface area (Å²) < 4.78 is 41.3. The number of carbonyl (C=O) groups excluding carboxylic acids is 1. The van der Waals surface area contributed by atoms with Crippen molar-refractivity contribution in [2.45, 2.75) is 32.5 Å². The highest BCUT2D eigenvalue weighted by Crippen LogP contribution is 2.36. The zero-order valence-electron chi connectivity index (χ0n) is 15.8. The molecular weight excluding hydrogens is 383 g/mol. The molecule has 1 aliphatic rings. The predicted octanol–water partition coefficient (Wildman–Crippen LogP) is 4.32. The molecule has 9 heteroatoms. The highest BCUT2D eigenvalue weighted by Gasteiger charge is 2.32. The van der Waals surface area contributed by atoms with Crippen molar-refractivity contribution in [2.75, 3.05) is 23.3 Å². The van der Waals surface area contributed by atoms with Crippen LogP contribution in [0.3, 0.4) is 0 Å². The van der Waals surface area contributed by atoms with Gasteiger partial charge in [-0.25, -0.2) is 4.68 Å². The van der Waals surface area contributed by atoms with E-state index >= 15 is 0 Å². The molecule has 0 radical (unpaired) electrons. The molecule has 1 N–H and O–H groups in total. The topological polar surface area (TPSA) is 63.1 Å². The number of anilines is 2. The van der Waals surface area contributed by atoms with E-state index in [1.165, 1.54) is 6.07 Å². The van der Waals surface area contributed by atoms with Gasteiger partial charge in [0, 0.05) is 25.2 Å². The summed E-state index contributed by atoms with van der Waals surface area (Å²) in [5.74, 6) is -0.488. The minimum absolute atomic E-state index is 0.157. The third-order valence-corrected chi connectivity index (χ3v) is 5.09. The Morgan fingerprint density at radius 2 is 1.90 bits per heavy atom. The first-order chi connectivity index (χ1) is 13.9. The Balaban J connectivity index is 1.67. The molecule has 2 aromatic carbocycles. The lowest BCUT2D eigenvalue weighted by Crippen LogP contribution is -2.22.